The highest BCUT2D eigenvalue weighted by Gasteiger charge is 2.27. The van der Waals surface area contributed by atoms with Crippen molar-refractivity contribution in [3.05, 3.63) is 46.2 Å². The van der Waals surface area contributed by atoms with E-state index >= 15 is 0 Å². The summed E-state index contributed by atoms with van der Waals surface area (Å²) in [5.41, 5.74) is 0.897. The molecule has 0 N–H and O–H groups in total. The number of carbonyl (C=O) groups excluding carboxylic acids is 1. The van der Waals surface area contributed by atoms with E-state index in [1.807, 2.05) is 10.3 Å². The van der Waals surface area contributed by atoms with Crippen LogP contribution in [0.4, 0.5) is 10.1 Å². The summed E-state index contributed by atoms with van der Waals surface area (Å²) in [4.78, 5) is 20.6. The number of benzene rings is 1. The first kappa shape index (κ1) is 15.9. The van der Waals surface area contributed by atoms with Crippen LogP contribution in [0.3, 0.4) is 0 Å². The van der Waals surface area contributed by atoms with Crippen LogP contribution in [0.2, 0.25) is 0 Å². The molecule has 23 heavy (non-hydrogen) atoms. The number of anilines is 1. The van der Waals surface area contributed by atoms with Gasteiger partial charge in [0.1, 0.15) is 5.82 Å². The number of aromatic nitrogens is 1. The Morgan fingerprint density at radius 3 is 2.91 bits per heavy atom. The van der Waals surface area contributed by atoms with Gasteiger partial charge in [0.2, 0.25) is 0 Å². The molecule has 2 aromatic rings. The average Bonchev–Trinajstić information content (AvgIpc) is 3.08. The fourth-order valence-electron chi connectivity index (χ4n) is 2.98. The van der Waals surface area contributed by atoms with Crippen LogP contribution in [0.25, 0.3) is 0 Å². The molecule has 0 aliphatic carbocycles. The Morgan fingerprint density at radius 1 is 1.43 bits per heavy atom. The highest BCUT2D eigenvalue weighted by molar-refractivity contribution is 7.09. The van der Waals surface area contributed by atoms with Gasteiger partial charge in [-0.15, -0.1) is 11.3 Å². The molecule has 1 amide bonds. The van der Waals surface area contributed by atoms with Gasteiger partial charge in [-0.1, -0.05) is 0 Å². The van der Waals surface area contributed by atoms with Crippen LogP contribution in [0.1, 0.15) is 34.1 Å². The van der Waals surface area contributed by atoms with Crippen molar-refractivity contribution in [2.45, 2.75) is 18.8 Å². The Balaban J connectivity index is 1.76. The summed E-state index contributed by atoms with van der Waals surface area (Å²) < 4.78 is 14.1. The van der Waals surface area contributed by atoms with E-state index in [1.54, 1.807) is 48.7 Å². The third kappa shape index (κ3) is 3.37. The predicted octanol–water partition coefficient (Wildman–Crippen LogP) is 3.37. The topological polar surface area (TPSA) is 36.4 Å². The van der Waals surface area contributed by atoms with Gasteiger partial charge < -0.3 is 9.80 Å². The van der Waals surface area contributed by atoms with Gasteiger partial charge in [0.05, 0.1) is 10.7 Å². The average molecular weight is 333 g/mol. The van der Waals surface area contributed by atoms with Crippen LogP contribution in [0.5, 0.6) is 0 Å². The Kier molecular flexibility index (Phi) is 4.61. The molecule has 1 aromatic heterocycles. The van der Waals surface area contributed by atoms with E-state index in [4.69, 9.17) is 0 Å². The van der Waals surface area contributed by atoms with Crippen molar-refractivity contribution >= 4 is 22.9 Å². The molecule has 1 atom stereocenters. The molecule has 6 heteroatoms. The van der Waals surface area contributed by atoms with Gasteiger partial charge in [-0.2, -0.15) is 0 Å². The van der Waals surface area contributed by atoms with Crippen LogP contribution < -0.4 is 4.90 Å². The maximum absolute atomic E-state index is 14.1. The van der Waals surface area contributed by atoms with Gasteiger partial charge in [-0.25, -0.2) is 9.37 Å². The number of hydrogen-bond acceptors (Lipinski definition) is 4. The van der Waals surface area contributed by atoms with Crippen molar-refractivity contribution in [3.8, 4) is 0 Å². The third-order valence-electron chi connectivity index (χ3n) is 4.19. The number of amides is 1. The molecular formula is C17H20FN3OS. The smallest absolute Gasteiger partial charge is 0.253 e. The Hall–Kier alpha value is -1.95. The lowest BCUT2D eigenvalue weighted by Crippen LogP contribution is -2.39. The number of halogens is 1. The first-order valence-electron chi connectivity index (χ1n) is 7.72. The Morgan fingerprint density at radius 2 is 2.26 bits per heavy atom. The molecule has 1 saturated heterocycles. The van der Waals surface area contributed by atoms with E-state index < -0.39 is 0 Å². The number of piperidine rings is 1. The van der Waals surface area contributed by atoms with Crippen molar-refractivity contribution < 1.29 is 9.18 Å². The minimum Gasteiger partial charge on any atom is -0.375 e. The lowest BCUT2D eigenvalue weighted by Gasteiger charge is -2.32. The van der Waals surface area contributed by atoms with Crippen LogP contribution in [-0.4, -0.2) is 43.0 Å². The molecule has 0 bridgehead atoms. The first-order valence-corrected chi connectivity index (χ1v) is 8.60. The van der Waals surface area contributed by atoms with E-state index in [9.17, 15) is 9.18 Å². The molecule has 0 spiro atoms. The largest absolute Gasteiger partial charge is 0.375 e. The summed E-state index contributed by atoms with van der Waals surface area (Å²) in [6.07, 6.45) is 3.80. The monoisotopic (exact) mass is 333 g/mol. The molecule has 4 nitrogen and oxygen atoms in total. The van der Waals surface area contributed by atoms with Crippen molar-refractivity contribution in [1.82, 2.24) is 9.88 Å². The molecule has 0 radical (unpaired) electrons. The molecule has 0 unspecified atom stereocenters. The highest BCUT2D eigenvalue weighted by Crippen LogP contribution is 2.29. The van der Waals surface area contributed by atoms with Crippen molar-refractivity contribution in [2.75, 3.05) is 32.1 Å². The minimum absolute atomic E-state index is 0.101. The van der Waals surface area contributed by atoms with Gasteiger partial charge in [-0.05, 0) is 31.0 Å². The summed E-state index contributed by atoms with van der Waals surface area (Å²) in [5, 5.41) is 3.04. The zero-order valence-electron chi connectivity index (χ0n) is 13.3. The standard InChI is InChI=1S/C17H20FN3OS/c1-20(2)15-6-5-12(10-14(15)18)17(22)21-8-3-4-13(11-21)16-19-7-9-23-16/h5-7,9-10,13H,3-4,8,11H2,1-2H3/t13-/m1/s1. The van der Waals surface area contributed by atoms with Gasteiger partial charge >= 0.3 is 0 Å². The van der Waals surface area contributed by atoms with Crippen LogP contribution in [0, 0.1) is 5.82 Å². The minimum atomic E-state index is -0.366. The lowest BCUT2D eigenvalue weighted by atomic mass is 9.98. The summed E-state index contributed by atoms with van der Waals surface area (Å²) >= 11 is 1.63. The number of hydrogen-bond donors (Lipinski definition) is 0. The maximum atomic E-state index is 14.1. The molecule has 1 aromatic carbocycles. The molecule has 1 fully saturated rings. The highest BCUT2D eigenvalue weighted by atomic mass is 32.1. The van der Waals surface area contributed by atoms with Crippen molar-refractivity contribution in [3.63, 3.8) is 0 Å². The van der Waals surface area contributed by atoms with E-state index in [-0.39, 0.29) is 11.7 Å². The Bertz CT molecular complexity index is 687. The first-order chi connectivity index (χ1) is 11.1. The van der Waals surface area contributed by atoms with E-state index in [1.165, 1.54) is 6.07 Å². The molecule has 1 aliphatic heterocycles. The lowest BCUT2D eigenvalue weighted by molar-refractivity contribution is 0.0706. The van der Waals surface area contributed by atoms with Gasteiger partial charge in [-0.3, -0.25) is 4.79 Å². The van der Waals surface area contributed by atoms with Gasteiger partial charge in [0.25, 0.3) is 5.91 Å². The number of rotatable bonds is 3. The second-order valence-corrected chi connectivity index (χ2v) is 6.95. The fourth-order valence-corrected chi connectivity index (χ4v) is 3.75. The van der Waals surface area contributed by atoms with Crippen LogP contribution in [0.15, 0.2) is 29.8 Å². The zero-order chi connectivity index (χ0) is 16.4. The molecule has 1 aliphatic rings. The third-order valence-corrected chi connectivity index (χ3v) is 5.12. The summed E-state index contributed by atoms with van der Waals surface area (Å²) in [5.74, 6) is -0.177. The maximum Gasteiger partial charge on any atom is 0.253 e. The van der Waals surface area contributed by atoms with Gasteiger partial charge in [0, 0.05) is 50.2 Å². The van der Waals surface area contributed by atoms with E-state index in [2.05, 4.69) is 4.98 Å². The summed E-state index contributed by atoms with van der Waals surface area (Å²) in [6.45, 7) is 1.38. The normalized spacial score (nSPS) is 18.0. The second kappa shape index (κ2) is 6.66. The zero-order valence-corrected chi connectivity index (χ0v) is 14.1. The number of carbonyl (C=O) groups is 1. The van der Waals surface area contributed by atoms with Crippen LogP contribution in [-0.2, 0) is 0 Å². The van der Waals surface area contributed by atoms with Crippen molar-refractivity contribution in [1.29, 1.82) is 0 Å². The fraction of sp³-hybridized carbons (Fsp3) is 0.412. The molecular weight excluding hydrogens is 313 g/mol. The number of likely N-dealkylation sites (tertiary alicyclic amines) is 1. The van der Waals surface area contributed by atoms with Crippen LogP contribution >= 0.6 is 11.3 Å². The Labute approximate surface area is 139 Å². The summed E-state index contributed by atoms with van der Waals surface area (Å²) in [7, 11) is 3.56. The number of thiazole rings is 1. The quantitative estimate of drug-likeness (QED) is 0.864. The predicted molar refractivity (Wildman–Crippen MR) is 90.7 cm³/mol. The molecule has 122 valence electrons. The molecule has 3 rings (SSSR count). The van der Waals surface area contributed by atoms with Crippen molar-refractivity contribution in [2.24, 2.45) is 0 Å². The summed E-state index contributed by atoms with van der Waals surface area (Å²) in [6, 6.07) is 4.70. The molecule has 2 heterocycles. The van der Waals surface area contributed by atoms with Gasteiger partial charge in [0.15, 0.2) is 0 Å². The van der Waals surface area contributed by atoms with E-state index in [0.717, 1.165) is 24.4 Å². The molecule has 0 saturated carbocycles. The van der Waals surface area contributed by atoms with E-state index in [0.29, 0.717) is 23.7 Å². The number of nitrogens with zero attached hydrogens (tertiary/aromatic N) is 3. The second-order valence-electron chi connectivity index (χ2n) is 6.02. The SMILES string of the molecule is CN(C)c1ccc(C(=O)N2CCC[C@@H](c3nccs3)C2)cc1F.